The van der Waals surface area contributed by atoms with Crippen molar-refractivity contribution in [3.05, 3.63) is 83.9 Å². The Hall–Kier alpha value is -3.18. The zero-order chi connectivity index (χ0) is 20.6. The fourth-order valence-electron chi connectivity index (χ4n) is 4.69. The molecule has 3 aromatic carbocycles. The van der Waals surface area contributed by atoms with Crippen LogP contribution in [0.1, 0.15) is 28.8 Å². The predicted molar refractivity (Wildman–Crippen MR) is 117 cm³/mol. The summed E-state index contributed by atoms with van der Waals surface area (Å²) in [4.78, 5) is 27.7. The first-order chi connectivity index (χ1) is 14.6. The number of nitrogens with one attached hydrogen (secondary N) is 2. The molecular weight excluding hydrogens is 374 g/mol. The molecule has 5 rings (SSSR count). The van der Waals surface area contributed by atoms with Crippen molar-refractivity contribution in [2.45, 2.75) is 31.0 Å². The van der Waals surface area contributed by atoms with Gasteiger partial charge in [0.25, 0.3) is 5.91 Å². The zero-order valence-electron chi connectivity index (χ0n) is 16.8. The molecule has 2 aliphatic heterocycles. The minimum atomic E-state index is -0.411. The number of piperidine rings is 1. The highest BCUT2D eigenvalue weighted by molar-refractivity contribution is 6.07. The lowest BCUT2D eigenvalue weighted by Crippen LogP contribution is -2.58. The van der Waals surface area contributed by atoms with Gasteiger partial charge in [-0.2, -0.15) is 0 Å². The molecule has 5 heteroatoms. The standard InChI is InChI=1S/C25H25N3O2/c29-23-22(17-18-7-2-1-3-8-18)26-25(27-23)13-15-28(16-14-25)24(30)21-12-6-10-19-9-4-5-11-20(19)21/h1-12,22,26H,13-17H2,(H,27,29). The van der Waals surface area contributed by atoms with E-state index in [1.165, 1.54) is 0 Å². The molecule has 0 bridgehead atoms. The van der Waals surface area contributed by atoms with Gasteiger partial charge in [-0.05, 0) is 28.8 Å². The fraction of sp³-hybridized carbons (Fsp3) is 0.280. The van der Waals surface area contributed by atoms with Crippen molar-refractivity contribution in [1.29, 1.82) is 0 Å². The SMILES string of the molecule is O=C1NC2(CCN(C(=O)c3cccc4ccccc34)CC2)NC1Cc1ccccc1. The predicted octanol–water partition coefficient (Wildman–Crippen LogP) is 3.10. The van der Waals surface area contributed by atoms with Gasteiger partial charge in [-0.25, -0.2) is 0 Å². The van der Waals surface area contributed by atoms with Gasteiger partial charge in [0.15, 0.2) is 0 Å². The fourth-order valence-corrected chi connectivity index (χ4v) is 4.69. The Bertz CT molecular complexity index is 1080. The van der Waals surface area contributed by atoms with Crippen molar-refractivity contribution in [2.24, 2.45) is 0 Å². The molecule has 2 N–H and O–H groups in total. The van der Waals surface area contributed by atoms with Gasteiger partial charge in [-0.3, -0.25) is 14.9 Å². The van der Waals surface area contributed by atoms with E-state index in [4.69, 9.17) is 0 Å². The number of carbonyl (C=O) groups excluding carboxylic acids is 2. The van der Waals surface area contributed by atoms with E-state index in [-0.39, 0.29) is 17.9 Å². The van der Waals surface area contributed by atoms with E-state index in [1.807, 2.05) is 77.7 Å². The Morgan fingerprint density at radius 3 is 2.43 bits per heavy atom. The van der Waals surface area contributed by atoms with Crippen molar-refractivity contribution < 1.29 is 9.59 Å². The molecule has 2 heterocycles. The Balaban J connectivity index is 1.27. The third-order valence-electron chi connectivity index (χ3n) is 6.34. The summed E-state index contributed by atoms with van der Waals surface area (Å²) in [6.45, 7) is 1.24. The van der Waals surface area contributed by atoms with Gasteiger partial charge < -0.3 is 10.2 Å². The second-order valence-electron chi connectivity index (χ2n) is 8.28. The highest BCUT2D eigenvalue weighted by Gasteiger charge is 2.45. The minimum absolute atomic E-state index is 0.0488. The number of likely N-dealkylation sites (tertiary alicyclic amines) is 1. The monoisotopic (exact) mass is 399 g/mol. The number of amides is 2. The van der Waals surface area contributed by atoms with Crippen LogP contribution in [0.3, 0.4) is 0 Å². The third kappa shape index (κ3) is 3.46. The van der Waals surface area contributed by atoms with Gasteiger partial charge in [0.2, 0.25) is 5.91 Å². The summed E-state index contributed by atoms with van der Waals surface area (Å²) in [5, 5.41) is 8.78. The van der Waals surface area contributed by atoms with Crippen molar-refractivity contribution in [3.63, 3.8) is 0 Å². The lowest BCUT2D eigenvalue weighted by molar-refractivity contribution is -0.121. The van der Waals surface area contributed by atoms with Gasteiger partial charge in [0, 0.05) is 31.5 Å². The Morgan fingerprint density at radius 2 is 1.63 bits per heavy atom. The summed E-state index contributed by atoms with van der Waals surface area (Å²) in [6, 6.07) is 23.7. The summed E-state index contributed by atoms with van der Waals surface area (Å²) < 4.78 is 0. The molecule has 0 aliphatic carbocycles. The molecule has 2 amide bonds. The Morgan fingerprint density at radius 1 is 0.933 bits per heavy atom. The topological polar surface area (TPSA) is 61.4 Å². The maximum atomic E-state index is 13.2. The first-order valence-corrected chi connectivity index (χ1v) is 10.5. The normalized spacial score (nSPS) is 20.5. The number of fused-ring (bicyclic) bond motifs is 1. The lowest BCUT2D eigenvalue weighted by Gasteiger charge is -2.39. The summed E-state index contributed by atoms with van der Waals surface area (Å²) in [6.07, 6.45) is 2.09. The molecule has 0 aromatic heterocycles. The first-order valence-electron chi connectivity index (χ1n) is 10.5. The summed E-state index contributed by atoms with van der Waals surface area (Å²) in [7, 11) is 0. The van der Waals surface area contributed by atoms with Crippen molar-refractivity contribution >= 4 is 22.6 Å². The van der Waals surface area contributed by atoms with Gasteiger partial charge in [-0.15, -0.1) is 0 Å². The molecule has 3 aromatic rings. The minimum Gasteiger partial charge on any atom is -0.338 e. The van der Waals surface area contributed by atoms with Crippen molar-refractivity contribution in [1.82, 2.24) is 15.5 Å². The largest absolute Gasteiger partial charge is 0.338 e. The van der Waals surface area contributed by atoms with Crippen LogP contribution in [0.2, 0.25) is 0 Å². The van der Waals surface area contributed by atoms with E-state index in [0.29, 0.717) is 32.4 Å². The van der Waals surface area contributed by atoms with Crippen LogP contribution in [0.25, 0.3) is 10.8 Å². The highest BCUT2D eigenvalue weighted by atomic mass is 16.2. The van der Waals surface area contributed by atoms with E-state index in [9.17, 15) is 9.59 Å². The van der Waals surface area contributed by atoms with Crippen molar-refractivity contribution in [3.8, 4) is 0 Å². The number of rotatable bonds is 3. The van der Waals surface area contributed by atoms with Gasteiger partial charge in [0.1, 0.15) is 0 Å². The highest BCUT2D eigenvalue weighted by Crippen LogP contribution is 2.27. The Kier molecular flexibility index (Phi) is 4.75. The molecule has 152 valence electrons. The van der Waals surface area contributed by atoms with E-state index in [2.05, 4.69) is 10.6 Å². The molecule has 2 aliphatic rings. The van der Waals surface area contributed by atoms with Crippen LogP contribution in [0, 0.1) is 0 Å². The van der Waals surface area contributed by atoms with E-state index >= 15 is 0 Å². The maximum Gasteiger partial charge on any atom is 0.254 e. The molecule has 2 fully saturated rings. The van der Waals surface area contributed by atoms with E-state index < -0.39 is 5.66 Å². The van der Waals surface area contributed by atoms with Crippen LogP contribution in [0.15, 0.2) is 72.8 Å². The smallest absolute Gasteiger partial charge is 0.254 e. The number of benzene rings is 3. The molecule has 1 spiro atoms. The molecule has 2 saturated heterocycles. The average molecular weight is 399 g/mol. The Labute approximate surface area is 176 Å². The van der Waals surface area contributed by atoms with Gasteiger partial charge in [0.05, 0.1) is 11.7 Å². The third-order valence-corrected chi connectivity index (χ3v) is 6.34. The van der Waals surface area contributed by atoms with Crippen LogP contribution in [0.5, 0.6) is 0 Å². The molecule has 30 heavy (non-hydrogen) atoms. The molecule has 1 unspecified atom stereocenters. The van der Waals surface area contributed by atoms with Crippen LogP contribution >= 0.6 is 0 Å². The first kappa shape index (κ1) is 18.8. The number of hydrogen-bond donors (Lipinski definition) is 2. The second-order valence-corrected chi connectivity index (χ2v) is 8.28. The molecule has 0 saturated carbocycles. The summed E-state index contributed by atoms with van der Waals surface area (Å²) in [5.74, 6) is 0.111. The second kappa shape index (κ2) is 7.58. The summed E-state index contributed by atoms with van der Waals surface area (Å²) >= 11 is 0. The number of carbonyl (C=O) groups is 2. The van der Waals surface area contributed by atoms with Crippen LogP contribution < -0.4 is 10.6 Å². The van der Waals surface area contributed by atoms with Crippen molar-refractivity contribution in [2.75, 3.05) is 13.1 Å². The van der Waals surface area contributed by atoms with Crippen LogP contribution in [-0.4, -0.2) is 41.5 Å². The van der Waals surface area contributed by atoms with Gasteiger partial charge in [-0.1, -0.05) is 66.7 Å². The van der Waals surface area contributed by atoms with Gasteiger partial charge >= 0.3 is 0 Å². The molecule has 1 atom stereocenters. The lowest BCUT2D eigenvalue weighted by atomic mass is 9.96. The number of hydrogen-bond acceptors (Lipinski definition) is 3. The average Bonchev–Trinajstić information content (AvgIpc) is 3.08. The molecular formula is C25H25N3O2. The molecule has 0 radical (unpaired) electrons. The quantitative estimate of drug-likeness (QED) is 0.712. The zero-order valence-corrected chi connectivity index (χ0v) is 16.8. The number of nitrogens with zero attached hydrogens (tertiary/aromatic N) is 1. The maximum absolute atomic E-state index is 13.2. The molecule has 5 nitrogen and oxygen atoms in total. The van der Waals surface area contributed by atoms with Crippen LogP contribution in [-0.2, 0) is 11.2 Å². The summed E-state index contributed by atoms with van der Waals surface area (Å²) in [5.41, 5.74) is 1.48. The van der Waals surface area contributed by atoms with E-state index in [0.717, 1.165) is 21.9 Å². The van der Waals surface area contributed by atoms with E-state index in [1.54, 1.807) is 0 Å². The van der Waals surface area contributed by atoms with Crippen LogP contribution in [0.4, 0.5) is 0 Å².